The summed E-state index contributed by atoms with van der Waals surface area (Å²) in [6.07, 6.45) is 0. The molecule has 1 aromatic carbocycles. The monoisotopic (exact) mass is 284 g/mol. The first-order valence-electron chi connectivity index (χ1n) is 2.67. The number of hydrogen-bond acceptors (Lipinski definition) is 2. The van der Waals surface area contributed by atoms with Gasteiger partial charge in [0.05, 0.1) is 0 Å². The van der Waals surface area contributed by atoms with Gasteiger partial charge in [-0.1, -0.05) is 28.1 Å². The van der Waals surface area contributed by atoms with E-state index >= 15 is 0 Å². The predicted molar refractivity (Wildman–Crippen MR) is 39.9 cm³/mol. The van der Waals surface area contributed by atoms with Crippen molar-refractivity contribution in [1.29, 1.82) is 0 Å². The van der Waals surface area contributed by atoms with Gasteiger partial charge in [-0.2, -0.15) is 0 Å². The summed E-state index contributed by atoms with van der Waals surface area (Å²) in [5, 5.41) is 10.8. The van der Waals surface area contributed by atoms with Crippen LogP contribution in [0.4, 0.5) is 0 Å². The van der Waals surface area contributed by atoms with E-state index < -0.39 is 11.2 Å². The smallest absolute Gasteiger partial charge is 0.869 e. The Hall–Kier alpha value is 0.975. The summed E-state index contributed by atoms with van der Waals surface area (Å²) in [6.45, 7) is 0. The molecule has 0 aliphatic heterocycles. The van der Waals surface area contributed by atoms with E-state index in [4.69, 9.17) is 0 Å². The zero-order valence-corrected chi connectivity index (χ0v) is 12.5. The Bertz CT molecular complexity index is 301. The van der Waals surface area contributed by atoms with Gasteiger partial charge in [0, 0.05) is 4.47 Å². The molecule has 2 nitrogen and oxygen atoms in total. The Kier molecular flexibility index (Phi) is 6.09. The van der Waals surface area contributed by atoms with Crippen LogP contribution in [0.1, 0.15) is 0 Å². The molecule has 0 aliphatic rings. The van der Waals surface area contributed by atoms with Crippen molar-refractivity contribution in [1.82, 2.24) is 0 Å². The van der Waals surface area contributed by atoms with Crippen LogP contribution in [0.2, 0.25) is 0 Å². The summed E-state index contributed by atoms with van der Waals surface area (Å²) >= 11 is 2.96. The van der Waals surface area contributed by atoms with Gasteiger partial charge in [-0.15, -0.1) is 0 Å². The van der Waals surface area contributed by atoms with E-state index in [1.165, 1.54) is 12.1 Å². The summed E-state index contributed by atoms with van der Waals surface area (Å²) in [7, 11) is 0. The van der Waals surface area contributed by atoms with Gasteiger partial charge in [0.15, 0.2) is 5.43 Å². The van der Waals surface area contributed by atoms with Crippen molar-refractivity contribution in [3.05, 3.63) is 39.0 Å². The molecule has 1 aromatic rings. The summed E-state index contributed by atoms with van der Waals surface area (Å²) in [6, 6.07) is 5.96. The second-order valence-electron chi connectivity index (χ2n) is 1.76. The molecule has 0 unspecified atom stereocenters. The van der Waals surface area contributed by atoms with Gasteiger partial charge >= 0.3 is 58.2 Å². The van der Waals surface area contributed by atoms with Crippen molar-refractivity contribution in [2.24, 2.45) is 0 Å². The maximum Gasteiger partial charge on any atom is 1.00 e. The first-order valence-corrected chi connectivity index (χ1v) is 3.47. The summed E-state index contributed by atoms with van der Waals surface area (Å²) in [5.41, 5.74) is -0.489. The molecule has 0 amide bonds. The number of hydrogen-bond donors (Lipinski definition) is 0. The van der Waals surface area contributed by atoms with Crippen LogP contribution in [0.15, 0.2) is 33.5 Å². The maximum atomic E-state index is 10.8. The molecule has 0 bridgehead atoms. The standard InChI is InChI=1S/C7H5BrO2.Rb/c8-5-3-1-2-4-6(9)7(5)10;/h1-4H,(H,9,10);/q;+1/p-1. The minimum absolute atomic E-state index is 0. The van der Waals surface area contributed by atoms with E-state index in [1.807, 2.05) is 0 Å². The molecule has 0 fully saturated rings. The van der Waals surface area contributed by atoms with Gasteiger partial charge in [-0.3, -0.25) is 4.79 Å². The summed E-state index contributed by atoms with van der Waals surface area (Å²) in [5.74, 6) is -0.495. The Labute approximate surface area is 122 Å². The van der Waals surface area contributed by atoms with E-state index in [0.29, 0.717) is 4.47 Å². The normalized spacial score (nSPS) is 8.45. The van der Waals surface area contributed by atoms with Crippen molar-refractivity contribution in [2.75, 3.05) is 0 Å². The van der Waals surface area contributed by atoms with Gasteiger partial charge in [0.1, 0.15) is 0 Å². The van der Waals surface area contributed by atoms with Crippen LogP contribution in [-0.4, -0.2) is 0 Å². The maximum absolute atomic E-state index is 10.8. The Morgan fingerprint density at radius 1 is 1.27 bits per heavy atom. The van der Waals surface area contributed by atoms with Crippen molar-refractivity contribution < 1.29 is 63.3 Å². The van der Waals surface area contributed by atoms with E-state index in [0.717, 1.165) is 0 Å². The van der Waals surface area contributed by atoms with Crippen LogP contribution in [0.3, 0.4) is 0 Å². The van der Waals surface area contributed by atoms with E-state index in [9.17, 15) is 9.90 Å². The van der Waals surface area contributed by atoms with E-state index in [-0.39, 0.29) is 58.2 Å². The molecule has 0 saturated heterocycles. The molecule has 0 atom stereocenters. The fourth-order valence-electron chi connectivity index (χ4n) is 0.552. The molecule has 0 heterocycles. The van der Waals surface area contributed by atoms with Crippen LogP contribution in [-0.2, 0) is 0 Å². The third-order valence-electron chi connectivity index (χ3n) is 1.04. The predicted octanol–water partition coefficient (Wildman–Crippen LogP) is -2.11. The average Bonchev–Trinajstić information content (AvgIpc) is 2.04. The fourth-order valence-corrected chi connectivity index (χ4v) is 0.900. The van der Waals surface area contributed by atoms with Crippen LogP contribution in [0.25, 0.3) is 0 Å². The van der Waals surface area contributed by atoms with Gasteiger partial charge in [0.25, 0.3) is 0 Å². The van der Waals surface area contributed by atoms with Crippen LogP contribution in [0, 0.1) is 0 Å². The third-order valence-corrected chi connectivity index (χ3v) is 1.67. The van der Waals surface area contributed by atoms with E-state index in [2.05, 4.69) is 15.9 Å². The molecule has 1 rings (SSSR count). The molecular weight excluding hydrogens is 281 g/mol. The summed E-state index contributed by atoms with van der Waals surface area (Å²) < 4.78 is 0.308. The minimum Gasteiger partial charge on any atom is -0.869 e. The van der Waals surface area contributed by atoms with E-state index in [1.54, 1.807) is 12.1 Å². The topological polar surface area (TPSA) is 40.1 Å². The second-order valence-corrected chi connectivity index (χ2v) is 2.61. The Morgan fingerprint density at radius 2 is 1.82 bits per heavy atom. The van der Waals surface area contributed by atoms with Crippen LogP contribution < -0.4 is 68.7 Å². The van der Waals surface area contributed by atoms with Crippen molar-refractivity contribution >= 4 is 15.9 Å². The van der Waals surface area contributed by atoms with Crippen LogP contribution in [0.5, 0.6) is 5.75 Å². The molecule has 0 spiro atoms. The average molecular weight is 285 g/mol. The van der Waals surface area contributed by atoms with Crippen molar-refractivity contribution in [2.45, 2.75) is 0 Å². The second kappa shape index (κ2) is 5.59. The molecule has 52 valence electrons. The molecule has 0 aromatic heterocycles. The molecular formula is C7H4BrO2Rb. The van der Waals surface area contributed by atoms with Gasteiger partial charge < -0.3 is 5.11 Å². The van der Waals surface area contributed by atoms with Crippen molar-refractivity contribution in [3.8, 4) is 5.75 Å². The molecule has 0 radical (unpaired) electrons. The molecule has 0 N–H and O–H groups in total. The molecule has 0 saturated carbocycles. The molecule has 0 aliphatic carbocycles. The first kappa shape index (κ1) is 12.0. The Morgan fingerprint density at radius 3 is 2.45 bits per heavy atom. The zero-order valence-electron chi connectivity index (χ0n) is 6.00. The van der Waals surface area contributed by atoms with Gasteiger partial charge in [-0.05, 0) is 17.9 Å². The number of rotatable bonds is 0. The number of halogens is 1. The first-order chi connectivity index (χ1) is 4.72. The molecule has 4 heteroatoms. The SMILES string of the molecule is O=c1ccccc(Br)c1[O-].[Rb+]. The fraction of sp³-hybridized carbons (Fsp3) is 0. The largest absolute Gasteiger partial charge is 1.00 e. The molecule has 11 heavy (non-hydrogen) atoms. The van der Waals surface area contributed by atoms with Gasteiger partial charge in [0.2, 0.25) is 0 Å². The Balaban J connectivity index is 0.000001000. The third kappa shape index (κ3) is 3.46. The van der Waals surface area contributed by atoms with Crippen LogP contribution >= 0.6 is 15.9 Å². The minimum atomic E-state index is -0.495. The summed E-state index contributed by atoms with van der Waals surface area (Å²) in [4.78, 5) is 10.7. The van der Waals surface area contributed by atoms with Gasteiger partial charge in [-0.25, -0.2) is 0 Å². The quantitative estimate of drug-likeness (QED) is 0.547. The zero-order chi connectivity index (χ0) is 7.56. The van der Waals surface area contributed by atoms with Crippen molar-refractivity contribution in [3.63, 3.8) is 0 Å².